The van der Waals surface area contributed by atoms with E-state index < -0.39 is 6.10 Å². The Morgan fingerprint density at radius 2 is 2.12 bits per heavy atom. The normalized spacial score (nSPS) is 12.1. The predicted octanol–water partition coefficient (Wildman–Crippen LogP) is 2.16. The molecule has 0 saturated carbocycles. The maximum Gasteiger partial charge on any atom is 0.259 e. The van der Waals surface area contributed by atoms with Gasteiger partial charge in [-0.25, -0.2) is 9.97 Å². The van der Waals surface area contributed by atoms with Gasteiger partial charge in [-0.15, -0.1) is 0 Å². The van der Waals surface area contributed by atoms with E-state index in [1.165, 1.54) is 0 Å². The number of rotatable bonds is 5. The van der Waals surface area contributed by atoms with Gasteiger partial charge >= 0.3 is 0 Å². The van der Waals surface area contributed by atoms with Crippen LogP contribution in [-0.4, -0.2) is 32.7 Å². The van der Waals surface area contributed by atoms with Crippen molar-refractivity contribution in [1.29, 1.82) is 0 Å². The number of aromatic nitrogens is 3. The first kappa shape index (κ1) is 15.9. The largest absolute Gasteiger partial charge is 0.392 e. The fourth-order valence-electron chi connectivity index (χ4n) is 2.39. The number of aryl methyl sites for hydroxylation is 1. The first-order chi connectivity index (χ1) is 11.5. The minimum absolute atomic E-state index is 0.228. The molecule has 0 bridgehead atoms. The summed E-state index contributed by atoms with van der Waals surface area (Å²) in [6.45, 7) is 3.94. The molecule has 7 nitrogen and oxygen atoms in total. The maximum atomic E-state index is 12.1. The van der Waals surface area contributed by atoms with Gasteiger partial charge in [0.05, 0.1) is 11.5 Å². The lowest BCUT2D eigenvalue weighted by Gasteiger charge is -2.13. The lowest BCUT2D eigenvalue weighted by atomic mass is 10.2. The number of pyridine rings is 3. The molecule has 1 unspecified atom stereocenters. The lowest BCUT2D eigenvalue weighted by Crippen LogP contribution is -2.18. The summed E-state index contributed by atoms with van der Waals surface area (Å²) in [6.07, 6.45) is 2.76. The van der Waals surface area contributed by atoms with E-state index in [2.05, 4.69) is 25.6 Å². The standard InChI is InChI=1S/C17H19N5O2/c1-10-3-5-18-13(7-10)21-14-8-12-4-6-19-17(24)15(12)16(22-14)20-9-11(2)23/h3-8,11,23H,9H2,1-2H3,(H,19,24)(H2,18,20,21,22). The summed E-state index contributed by atoms with van der Waals surface area (Å²) in [5, 5.41) is 16.9. The molecule has 3 aromatic heterocycles. The molecule has 3 rings (SSSR count). The minimum Gasteiger partial charge on any atom is -0.392 e. The number of nitrogens with one attached hydrogen (secondary N) is 3. The van der Waals surface area contributed by atoms with E-state index in [4.69, 9.17) is 0 Å². The van der Waals surface area contributed by atoms with Crippen molar-refractivity contribution in [2.45, 2.75) is 20.0 Å². The van der Waals surface area contributed by atoms with Crippen LogP contribution in [0, 0.1) is 6.92 Å². The number of hydrogen-bond donors (Lipinski definition) is 4. The highest BCUT2D eigenvalue weighted by Crippen LogP contribution is 2.23. The second kappa shape index (κ2) is 6.67. The number of H-pyrrole nitrogens is 1. The van der Waals surface area contributed by atoms with Crippen LogP contribution in [0.5, 0.6) is 0 Å². The Morgan fingerprint density at radius 3 is 2.88 bits per heavy atom. The molecule has 0 aliphatic carbocycles. The van der Waals surface area contributed by atoms with Crippen molar-refractivity contribution in [2.75, 3.05) is 17.2 Å². The van der Waals surface area contributed by atoms with Crippen molar-refractivity contribution in [3.8, 4) is 0 Å². The molecule has 0 spiro atoms. The number of anilines is 3. The summed E-state index contributed by atoms with van der Waals surface area (Å²) in [7, 11) is 0. The van der Waals surface area contributed by atoms with Crippen LogP contribution in [0.15, 0.2) is 41.5 Å². The quantitative estimate of drug-likeness (QED) is 0.573. The zero-order chi connectivity index (χ0) is 17.1. The first-order valence-electron chi connectivity index (χ1n) is 7.67. The van der Waals surface area contributed by atoms with Gasteiger partial charge in [0.25, 0.3) is 5.56 Å². The van der Waals surface area contributed by atoms with Gasteiger partial charge in [-0.1, -0.05) is 0 Å². The third-order valence-corrected chi connectivity index (χ3v) is 3.49. The van der Waals surface area contributed by atoms with Gasteiger partial charge in [0.1, 0.15) is 17.5 Å². The number of nitrogens with zero attached hydrogens (tertiary/aromatic N) is 2. The molecule has 0 aliphatic heterocycles. The van der Waals surface area contributed by atoms with Gasteiger partial charge in [-0.05, 0) is 49.1 Å². The van der Waals surface area contributed by atoms with E-state index in [1.54, 1.807) is 31.5 Å². The van der Waals surface area contributed by atoms with Crippen LogP contribution in [0.4, 0.5) is 17.5 Å². The van der Waals surface area contributed by atoms with E-state index in [9.17, 15) is 9.90 Å². The summed E-state index contributed by atoms with van der Waals surface area (Å²) < 4.78 is 0. The molecule has 0 amide bonds. The summed E-state index contributed by atoms with van der Waals surface area (Å²) in [5.74, 6) is 1.66. The lowest BCUT2D eigenvalue weighted by molar-refractivity contribution is 0.208. The Labute approximate surface area is 138 Å². The van der Waals surface area contributed by atoms with Gasteiger partial charge in [0.15, 0.2) is 0 Å². The van der Waals surface area contributed by atoms with E-state index in [0.717, 1.165) is 10.9 Å². The summed E-state index contributed by atoms with van der Waals surface area (Å²) >= 11 is 0. The second-order valence-electron chi connectivity index (χ2n) is 5.70. The van der Waals surface area contributed by atoms with E-state index in [0.29, 0.717) is 29.4 Å². The molecule has 0 fully saturated rings. The van der Waals surface area contributed by atoms with Gasteiger partial charge in [-0.3, -0.25) is 4.79 Å². The maximum absolute atomic E-state index is 12.1. The fourth-order valence-corrected chi connectivity index (χ4v) is 2.39. The molecule has 124 valence electrons. The molecule has 1 atom stereocenters. The molecule has 3 heterocycles. The zero-order valence-electron chi connectivity index (χ0n) is 13.5. The molecule has 0 saturated heterocycles. The van der Waals surface area contributed by atoms with E-state index in [1.807, 2.05) is 19.1 Å². The number of fused-ring (bicyclic) bond motifs is 1. The van der Waals surface area contributed by atoms with Crippen LogP contribution >= 0.6 is 0 Å². The van der Waals surface area contributed by atoms with Crippen molar-refractivity contribution in [1.82, 2.24) is 15.0 Å². The highest BCUT2D eigenvalue weighted by molar-refractivity contribution is 5.93. The molecule has 0 aliphatic rings. The van der Waals surface area contributed by atoms with E-state index in [-0.39, 0.29) is 5.56 Å². The molecule has 7 heteroatoms. The topological polar surface area (TPSA) is 103 Å². The molecule has 3 aromatic rings. The Balaban J connectivity index is 2.04. The number of hydrogen-bond acceptors (Lipinski definition) is 6. The monoisotopic (exact) mass is 325 g/mol. The third kappa shape index (κ3) is 3.52. The van der Waals surface area contributed by atoms with Gasteiger partial charge in [-0.2, -0.15) is 0 Å². The second-order valence-corrected chi connectivity index (χ2v) is 5.70. The summed E-state index contributed by atoms with van der Waals surface area (Å²) in [6, 6.07) is 7.42. The Morgan fingerprint density at radius 1 is 1.29 bits per heavy atom. The van der Waals surface area contributed by atoms with Gasteiger partial charge in [0.2, 0.25) is 0 Å². The van der Waals surface area contributed by atoms with Crippen LogP contribution < -0.4 is 16.2 Å². The Bertz CT molecular complexity index is 920. The molecule has 4 N–H and O–H groups in total. The molecule has 24 heavy (non-hydrogen) atoms. The van der Waals surface area contributed by atoms with Crippen molar-refractivity contribution < 1.29 is 5.11 Å². The van der Waals surface area contributed by atoms with E-state index >= 15 is 0 Å². The highest BCUT2D eigenvalue weighted by atomic mass is 16.3. The average Bonchev–Trinajstić information content (AvgIpc) is 2.52. The van der Waals surface area contributed by atoms with Crippen LogP contribution in [0.2, 0.25) is 0 Å². The minimum atomic E-state index is -0.556. The summed E-state index contributed by atoms with van der Waals surface area (Å²) in [4.78, 5) is 23.5. The number of aromatic amines is 1. The average molecular weight is 325 g/mol. The van der Waals surface area contributed by atoms with Crippen molar-refractivity contribution in [3.63, 3.8) is 0 Å². The van der Waals surface area contributed by atoms with Crippen LogP contribution in [0.3, 0.4) is 0 Å². The van der Waals surface area contributed by atoms with Gasteiger partial charge in [0, 0.05) is 18.9 Å². The number of aliphatic hydroxyl groups excluding tert-OH is 1. The van der Waals surface area contributed by atoms with Crippen molar-refractivity contribution in [3.05, 3.63) is 52.6 Å². The third-order valence-electron chi connectivity index (χ3n) is 3.49. The van der Waals surface area contributed by atoms with Crippen LogP contribution in [0.1, 0.15) is 12.5 Å². The Hall–Kier alpha value is -2.93. The predicted molar refractivity (Wildman–Crippen MR) is 94.8 cm³/mol. The molecular weight excluding hydrogens is 306 g/mol. The molecular formula is C17H19N5O2. The van der Waals surface area contributed by atoms with Crippen molar-refractivity contribution in [2.24, 2.45) is 0 Å². The number of aliphatic hydroxyl groups is 1. The molecule has 0 radical (unpaired) electrons. The zero-order valence-corrected chi connectivity index (χ0v) is 13.5. The van der Waals surface area contributed by atoms with Gasteiger partial charge < -0.3 is 20.7 Å². The summed E-state index contributed by atoms with van der Waals surface area (Å²) in [5.41, 5.74) is 0.852. The first-order valence-corrected chi connectivity index (χ1v) is 7.67. The smallest absolute Gasteiger partial charge is 0.259 e. The molecule has 0 aromatic carbocycles. The van der Waals surface area contributed by atoms with Crippen molar-refractivity contribution >= 4 is 28.2 Å². The Kier molecular flexibility index (Phi) is 4.43. The SMILES string of the molecule is Cc1ccnc(Nc2cc3cc[nH]c(=O)c3c(NCC(C)O)n2)c1. The fraction of sp³-hybridized carbons (Fsp3) is 0.235. The van der Waals surface area contributed by atoms with Crippen LogP contribution in [-0.2, 0) is 0 Å². The highest BCUT2D eigenvalue weighted by Gasteiger charge is 2.10. The van der Waals surface area contributed by atoms with Crippen LogP contribution in [0.25, 0.3) is 10.8 Å².